The maximum Gasteiger partial charge on any atom is 0.344 e. The zero-order chi connectivity index (χ0) is 37.5. The van der Waals surface area contributed by atoms with Gasteiger partial charge in [-0.3, -0.25) is 0 Å². The van der Waals surface area contributed by atoms with E-state index >= 15 is 0 Å². The van der Waals surface area contributed by atoms with Crippen LogP contribution in [-0.2, 0) is 11.8 Å². The molecule has 11 rings (SSSR count). The highest BCUT2D eigenvalue weighted by atomic mass is 16.4. The summed E-state index contributed by atoms with van der Waals surface area (Å²) in [5.41, 5.74) is 18.5. The highest BCUT2D eigenvalue weighted by Crippen LogP contribution is 2.51. The summed E-state index contributed by atoms with van der Waals surface area (Å²) in [7, 11) is 0. The Balaban J connectivity index is 0.990. The predicted octanol–water partition coefficient (Wildman–Crippen LogP) is 13.6. The second kappa shape index (κ2) is 12.3. The molecule has 0 saturated heterocycles. The molecule has 0 N–H and O–H groups in total. The second-order valence-corrected chi connectivity index (χ2v) is 15.7. The van der Waals surface area contributed by atoms with Crippen molar-refractivity contribution in [2.45, 2.75) is 25.7 Å². The summed E-state index contributed by atoms with van der Waals surface area (Å²) in [6.45, 7) is 4.68. The van der Waals surface area contributed by atoms with Crippen LogP contribution in [0.5, 0.6) is 0 Å². The van der Waals surface area contributed by atoms with Crippen LogP contribution in [-0.4, -0.2) is 0 Å². The maximum atomic E-state index is 13.0. The molecule has 0 unspecified atom stereocenters. The predicted molar refractivity (Wildman–Crippen MR) is 231 cm³/mol. The van der Waals surface area contributed by atoms with E-state index in [9.17, 15) is 4.79 Å². The topological polar surface area (TPSA) is 33.5 Å². The molecule has 3 heteroatoms. The second-order valence-electron chi connectivity index (χ2n) is 15.7. The third-order valence-corrected chi connectivity index (χ3v) is 12.1. The van der Waals surface area contributed by atoms with E-state index in [1.54, 1.807) is 0 Å². The first-order valence-corrected chi connectivity index (χ1v) is 19.3. The van der Waals surface area contributed by atoms with E-state index < -0.39 is 0 Å². The van der Waals surface area contributed by atoms with Gasteiger partial charge in [0, 0.05) is 33.2 Å². The van der Waals surface area contributed by atoms with Crippen molar-refractivity contribution < 1.29 is 4.42 Å². The lowest BCUT2D eigenvalue weighted by atomic mass is 9.82. The van der Waals surface area contributed by atoms with E-state index in [1.807, 2.05) is 30.3 Å². The van der Waals surface area contributed by atoms with Crippen molar-refractivity contribution in [3.63, 3.8) is 0 Å². The minimum Gasteiger partial charge on any atom is -0.422 e. The Kier molecular flexibility index (Phi) is 7.11. The van der Waals surface area contributed by atoms with E-state index in [1.165, 1.54) is 50.1 Å². The Labute approximate surface area is 325 Å². The summed E-state index contributed by atoms with van der Waals surface area (Å²) < 4.78 is 5.68. The molecule has 8 aromatic carbocycles. The van der Waals surface area contributed by atoms with E-state index in [4.69, 9.17) is 4.42 Å². The zero-order valence-corrected chi connectivity index (χ0v) is 31.2. The number of para-hydroxylation sites is 1. The Morgan fingerprint density at radius 1 is 0.446 bits per heavy atom. The number of benzene rings is 8. The number of hydrogen-bond acceptors (Lipinski definition) is 3. The molecule has 0 saturated carbocycles. The largest absolute Gasteiger partial charge is 0.422 e. The fraction of sp³-hybridized carbons (Fsp3) is 0.0755. The van der Waals surface area contributed by atoms with Gasteiger partial charge in [0.25, 0.3) is 0 Å². The van der Waals surface area contributed by atoms with Crippen LogP contribution in [0, 0.1) is 0 Å². The van der Waals surface area contributed by atoms with Crippen LogP contribution < -0.4 is 10.5 Å². The van der Waals surface area contributed by atoms with Crippen molar-refractivity contribution in [3.8, 4) is 44.5 Å². The summed E-state index contributed by atoms with van der Waals surface area (Å²) in [6, 6.07) is 63.0. The van der Waals surface area contributed by atoms with Crippen LogP contribution >= 0.6 is 0 Å². The first-order valence-electron chi connectivity index (χ1n) is 19.3. The molecule has 2 aliphatic rings. The van der Waals surface area contributed by atoms with Crippen LogP contribution in [0.15, 0.2) is 185 Å². The number of rotatable bonds is 5. The van der Waals surface area contributed by atoms with Crippen molar-refractivity contribution >= 4 is 38.8 Å². The van der Waals surface area contributed by atoms with Crippen molar-refractivity contribution in [1.82, 2.24) is 0 Å². The van der Waals surface area contributed by atoms with Gasteiger partial charge in [-0.25, -0.2) is 4.79 Å². The molecule has 0 fully saturated rings. The molecule has 1 heterocycles. The van der Waals surface area contributed by atoms with Gasteiger partial charge in [0.1, 0.15) is 5.58 Å². The first kappa shape index (κ1) is 32.5. The van der Waals surface area contributed by atoms with Crippen LogP contribution in [0.4, 0.5) is 17.1 Å². The summed E-state index contributed by atoms with van der Waals surface area (Å²) in [5, 5.41) is 2.54. The van der Waals surface area contributed by atoms with Crippen molar-refractivity contribution in [1.29, 1.82) is 0 Å². The zero-order valence-electron chi connectivity index (χ0n) is 31.2. The normalized spacial score (nSPS) is 13.3. The van der Waals surface area contributed by atoms with Gasteiger partial charge in [0.2, 0.25) is 0 Å². The number of nitrogens with zero attached hydrogens (tertiary/aromatic N) is 1. The molecule has 9 aromatic rings. The molecule has 0 aliphatic heterocycles. The van der Waals surface area contributed by atoms with E-state index in [0.29, 0.717) is 11.0 Å². The molecule has 3 nitrogen and oxygen atoms in total. The standard InChI is InChI=1S/C53H37NO2/c1-53(2)49-14-8-6-12-42(49)43-27-26-41(31-50(43)53)54(39-22-18-34(19-23-39)33-10-4-3-5-11-33)40-24-20-35(21-25-40)36-16-17-37-28-38-30-48-47(32-46(38)45(37)29-36)44-13-7-9-15-51(44)56-52(48)55/h3-27,29-32H,28H2,1-2H3. The molecule has 0 bridgehead atoms. The van der Waals surface area contributed by atoms with Crippen LogP contribution in [0.3, 0.4) is 0 Å². The van der Waals surface area contributed by atoms with E-state index in [2.05, 4.69) is 164 Å². The van der Waals surface area contributed by atoms with Gasteiger partial charge < -0.3 is 9.32 Å². The van der Waals surface area contributed by atoms with Crippen molar-refractivity contribution in [2.24, 2.45) is 0 Å². The van der Waals surface area contributed by atoms with Gasteiger partial charge in [-0.2, -0.15) is 0 Å². The third kappa shape index (κ3) is 5.01. The minimum atomic E-state index is -0.284. The monoisotopic (exact) mass is 719 g/mol. The van der Waals surface area contributed by atoms with E-state index in [-0.39, 0.29) is 11.0 Å². The van der Waals surface area contributed by atoms with Crippen LogP contribution in [0.25, 0.3) is 66.2 Å². The molecule has 0 radical (unpaired) electrons. The molecule has 0 amide bonds. The van der Waals surface area contributed by atoms with Gasteiger partial charge in [0.05, 0.1) is 5.39 Å². The van der Waals surface area contributed by atoms with Crippen LogP contribution in [0.2, 0.25) is 0 Å². The highest BCUT2D eigenvalue weighted by Gasteiger charge is 2.35. The summed E-state index contributed by atoms with van der Waals surface area (Å²) >= 11 is 0. The lowest BCUT2D eigenvalue weighted by Gasteiger charge is -2.28. The number of hydrogen-bond donors (Lipinski definition) is 0. The minimum absolute atomic E-state index is 0.104. The van der Waals surface area contributed by atoms with Gasteiger partial charge in [-0.15, -0.1) is 0 Å². The Morgan fingerprint density at radius 3 is 1.84 bits per heavy atom. The summed E-state index contributed by atoms with van der Waals surface area (Å²) in [5.74, 6) is 0. The van der Waals surface area contributed by atoms with Crippen molar-refractivity contribution in [3.05, 3.63) is 209 Å². The smallest absolute Gasteiger partial charge is 0.344 e. The van der Waals surface area contributed by atoms with Crippen LogP contribution in [0.1, 0.15) is 36.1 Å². The molecule has 1 aromatic heterocycles. The molecule has 2 aliphatic carbocycles. The molecule has 0 atom stereocenters. The Morgan fingerprint density at radius 2 is 1.05 bits per heavy atom. The summed E-state index contributed by atoms with van der Waals surface area (Å²) in [6.07, 6.45) is 0.798. The molecule has 56 heavy (non-hydrogen) atoms. The van der Waals surface area contributed by atoms with Gasteiger partial charge in [0.15, 0.2) is 0 Å². The quantitative estimate of drug-likeness (QED) is 0.131. The summed E-state index contributed by atoms with van der Waals surface area (Å²) in [4.78, 5) is 15.4. The number of anilines is 3. The maximum absolute atomic E-state index is 13.0. The van der Waals surface area contributed by atoms with Gasteiger partial charge >= 0.3 is 5.63 Å². The molecular formula is C53H37NO2. The molecule has 0 spiro atoms. The average Bonchev–Trinajstić information content (AvgIpc) is 3.71. The number of fused-ring (bicyclic) bond motifs is 9. The third-order valence-electron chi connectivity index (χ3n) is 12.1. The highest BCUT2D eigenvalue weighted by molar-refractivity contribution is 6.07. The fourth-order valence-electron chi connectivity index (χ4n) is 9.25. The average molecular weight is 720 g/mol. The first-order chi connectivity index (χ1) is 27.4. The molecule has 266 valence electrons. The lowest BCUT2D eigenvalue weighted by molar-refractivity contribution is 0.569. The Hall–Kier alpha value is -6.97. The van der Waals surface area contributed by atoms with Gasteiger partial charge in [-0.1, -0.05) is 129 Å². The SMILES string of the molecule is CC1(C)c2ccccc2-c2ccc(N(c3ccc(-c4ccccc4)cc3)c3ccc(-c4ccc5c(c4)-c4cc6c(cc4C5)c(=O)oc4ccccc46)cc3)cc21. The lowest BCUT2D eigenvalue weighted by Crippen LogP contribution is -2.16. The van der Waals surface area contributed by atoms with Crippen molar-refractivity contribution in [2.75, 3.05) is 4.90 Å². The van der Waals surface area contributed by atoms with Gasteiger partial charge in [-0.05, 0) is 134 Å². The molecular weight excluding hydrogens is 683 g/mol. The van der Waals surface area contributed by atoms with E-state index in [0.717, 1.165) is 50.9 Å². The Bertz CT molecular complexity index is 3080. The fourth-order valence-corrected chi connectivity index (χ4v) is 9.25.